The Morgan fingerprint density at radius 3 is 2.78 bits per heavy atom. The van der Waals surface area contributed by atoms with Crippen LogP contribution in [-0.4, -0.2) is 5.84 Å². The molecule has 3 nitrogen and oxygen atoms in total. The number of thiophene rings is 1. The maximum absolute atomic E-state index is 7.32. The summed E-state index contributed by atoms with van der Waals surface area (Å²) in [5.41, 5.74) is 5.97. The molecule has 3 N–H and O–H groups in total. The van der Waals surface area contributed by atoms with E-state index in [0.717, 1.165) is 9.35 Å². The van der Waals surface area contributed by atoms with Crippen LogP contribution in [0.1, 0.15) is 10.4 Å². The van der Waals surface area contributed by atoms with Gasteiger partial charge in [0.25, 0.3) is 0 Å². The summed E-state index contributed by atoms with van der Waals surface area (Å²) >= 11 is 11.1. The number of nitrogen functional groups attached to an aromatic ring is 1. The number of nitrogens with one attached hydrogen (secondary N) is 1. The summed E-state index contributed by atoms with van der Waals surface area (Å²) in [5.74, 6) is 0.580. The SMILES string of the molecule is N=C(N)c1ccc(OCc2cc(Br)cs2)c(Cl)c1. The molecule has 0 aliphatic carbocycles. The van der Waals surface area contributed by atoms with E-state index < -0.39 is 0 Å². The van der Waals surface area contributed by atoms with Crippen molar-refractivity contribution in [3.05, 3.63) is 49.6 Å². The van der Waals surface area contributed by atoms with Crippen LogP contribution in [0, 0.1) is 5.41 Å². The molecule has 1 aromatic heterocycles. The van der Waals surface area contributed by atoms with E-state index in [2.05, 4.69) is 15.9 Å². The predicted octanol–water partition coefficient (Wildman–Crippen LogP) is 4.03. The van der Waals surface area contributed by atoms with Crippen molar-refractivity contribution in [2.45, 2.75) is 6.61 Å². The zero-order valence-electron chi connectivity index (χ0n) is 9.24. The highest BCUT2D eigenvalue weighted by molar-refractivity contribution is 9.10. The Balaban J connectivity index is 2.08. The largest absolute Gasteiger partial charge is 0.487 e. The first-order valence-electron chi connectivity index (χ1n) is 5.06. The molecule has 94 valence electrons. The van der Waals surface area contributed by atoms with Crippen molar-refractivity contribution < 1.29 is 4.74 Å². The number of rotatable bonds is 4. The topological polar surface area (TPSA) is 59.1 Å². The van der Waals surface area contributed by atoms with Crippen molar-refractivity contribution in [1.82, 2.24) is 0 Å². The quantitative estimate of drug-likeness (QED) is 0.649. The first kappa shape index (κ1) is 13.4. The van der Waals surface area contributed by atoms with E-state index in [1.165, 1.54) is 0 Å². The minimum atomic E-state index is -0.00867. The highest BCUT2D eigenvalue weighted by Gasteiger charge is 2.06. The van der Waals surface area contributed by atoms with Crippen LogP contribution in [0.25, 0.3) is 0 Å². The number of hydrogen-bond acceptors (Lipinski definition) is 3. The van der Waals surface area contributed by atoms with E-state index in [9.17, 15) is 0 Å². The van der Waals surface area contributed by atoms with E-state index in [1.807, 2.05) is 11.4 Å². The minimum absolute atomic E-state index is 0.00867. The lowest BCUT2D eigenvalue weighted by Crippen LogP contribution is -2.10. The molecule has 0 fully saturated rings. The fourth-order valence-corrected chi connectivity index (χ4v) is 2.96. The molecule has 2 aromatic rings. The Hall–Kier alpha value is -1.04. The number of hydrogen-bond donors (Lipinski definition) is 2. The second-order valence-electron chi connectivity index (χ2n) is 3.58. The summed E-state index contributed by atoms with van der Waals surface area (Å²) in [7, 11) is 0. The molecular formula is C12H10BrClN2OS. The third-order valence-electron chi connectivity index (χ3n) is 2.23. The van der Waals surface area contributed by atoms with Crippen LogP contribution in [0.4, 0.5) is 0 Å². The van der Waals surface area contributed by atoms with E-state index in [4.69, 9.17) is 27.5 Å². The second-order valence-corrected chi connectivity index (χ2v) is 5.90. The summed E-state index contributed by atoms with van der Waals surface area (Å²) in [6, 6.07) is 7.07. The van der Waals surface area contributed by atoms with Crippen LogP contribution in [0.5, 0.6) is 5.75 Å². The molecule has 0 amide bonds. The summed E-state index contributed by atoms with van der Waals surface area (Å²) in [5, 5.41) is 9.77. The highest BCUT2D eigenvalue weighted by Crippen LogP contribution is 2.27. The Bertz CT molecular complexity index is 585. The van der Waals surface area contributed by atoms with Crippen LogP contribution in [0.2, 0.25) is 5.02 Å². The predicted molar refractivity (Wildman–Crippen MR) is 78.8 cm³/mol. The summed E-state index contributed by atoms with van der Waals surface area (Å²) in [6.45, 7) is 0.468. The van der Waals surface area contributed by atoms with Gasteiger partial charge >= 0.3 is 0 Å². The van der Waals surface area contributed by atoms with Gasteiger partial charge in [0.1, 0.15) is 18.2 Å². The molecule has 1 aromatic carbocycles. The lowest BCUT2D eigenvalue weighted by molar-refractivity contribution is 0.310. The van der Waals surface area contributed by atoms with Gasteiger partial charge in [0.05, 0.1) is 5.02 Å². The average Bonchev–Trinajstić information content (AvgIpc) is 2.73. The Morgan fingerprint density at radius 2 is 2.22 bits per heavy atom. The van der Waals surface area contributed by atoms with Crippen LogP contribution < -0.4 is 10.5 Å². The molecule has 2 rings (SSSR count). The van der Waals surface area contributed by atoms with Crippen LogP contribution in [0.15, 0.2) is 34.1 Å². The molecule has 0 unspecified atom stereocenters. The first-order valence-corrected chi connectivity index (χ1v) is 7.11. The smallest absolute Gasteiger partial charge is 0.138 e. The maximum atomic E-state index is 7.32. The lowest BCUT2D eigenvalue weighted by atomic mass is 10.2. The van der Waals surface area contributed by atoms with Gasteiger partial charge in [0.15, 0.2) is 0 Å². The third kappa shape index (κ3) is 3.25. The average molecular weight is 346 g/mol. The fraction of sp³-hybridized carbons (Fsp3) is 0.0833. The number of ether oxygens (including phenoxy) is 1. The molecule has 0 bridgehead atoms. The number of halogens is 2. The molecule has 0 saturated carbocycles. The number of benzene rings is 1. The van der Waals surface area contributed by atoms with Gasteiger partial charge < -0.3 is 10.5 Å². The zero-order valence-corrected chi connectivity index (χ0v) is 12.4. The normalized spacial score (nSPS) is 10.3. The fourth-order valence-electron chi connectivity index (χ4n) is 1.36. The van der Waals surface area contributed by atoms with Gasteiger partial charge in [-0.1, -0.05) is 11.6 Å². The third-order valence-corrected chi connectivity index (χ3v) is 4.20. The molecule has 0 radical (unpaired) electrons. The van der Waals surface area contributed by atoms with Gasteiger partial charge in [-0.05, 0) is 40.2 Å². The molecular weight excluding hydrogens is 336 g/mol. The van der Waals surface area contributed by atoms with Crippen molar-refractivity contribution in [3.8, 4) is 5.75 Å². The van der Waals surface area contributed by atoms with Gasteiger partial charge in [-0.15, -0.1) is 11.3 Å². The standard InChI is InChI=1S/C12H10BrClN2OS/c13-8-4-9(18-6-8)5-17-11-2-1-7(12(15)16)3-10(11)14/h1-4,6H,5H2,(H3,15,16). The van der Waals surface area contributed by atoms with Gasteiger partial charge in [-0.25, -0.2) is 0 Å². The maximum Gasteiger partial charge on any atom is 0.138 e. The van der Waals surface area contributed by atoms with E-state index in [0.29, 0.717) is 22.9 Å². The Morgan fingerprint density at radius 1 is 1.44 bits per heavy atom. The lowest BCUT2D eigenvalue weighted by Gasteiger charge is -2.08. The summed E-state index contributed by atoms with van der Waals surface area (Å²) in [4.78, 5) is 1.11. The van der Waals surface area contributed by atoms with Crippen molar-refractivity contribution in [1.29, 1.82) is 5.41 Å². The number of nitrogens with two attached hydrogens (primary N) is 1. The minimum Gasteiger partial charge on any atom is -0.487 e. The van der Waals surface area contributed by atoms with Gasteiger partial charge in [-0.2, -0.15) is 0 Å². The monoisotopic (exact) mass is 344 g/mol. The Labute approximate surface area is 122 Å². The highest BCUT2D eigenvalue weighted by atomic mass is 79.9. The van der Waals surface area contributed by atoms with Crippen molar-refractivity contribution in [2.75, 3.05) is 0 Å². The molecule has 0 aliphatic rings. The van der Waals surface area contributed by atoms with Gasteiger partial charge in [0.2, 0.25) is 0 Å². The molecule has 1 heterocycles. The molecule has 18 heavy (non-hydrogen) atoms. The summed E-state index contributed by atoms with van der Waals surface area (Å²) in [6.07, 6.45) is 0. The van der Waals surface area contributed by atoms with Gasteiger partial charge in [-0.3, -0.25) is 5.41 Å². The molecule has 6 heteroatoms. The molecule has 0 atom stereocenters. The molecule has 0 saturated heterocycles. The molecule has 0 spiro atoms. The van der Waals surface area contributed by atoms with Crippen LogP contribution in [-0.2, 0) is 6.61 Å². The van der Waals surface area contributed by atoms with E-state index >= 15 is 0 Å². The molecule has 0 aliphatic heterocycles. The second kappa shape index (κ2) is 5.73. The van der Waals surface area contributed by atoms with Gasteiger partial charge in [0, 0.05) is 20.3 Å². The van der Waals surface area contributed by atoms with E-state index in [1.54, 1.807) is 29.5 Å². The van der Waals surface area contributed by atoms with E-state index in [-0.39, 0.29) is 5.84 Å². The Kier molecular flexibility index (Phi) is 4.27. The van der Waals surface area contributed by atoms with Crippen LogP contribution in [0.3, 0.4) is 0 Å². The number of amidine groups is 1. The van der Waals surface area contributed by atoms with Crippen molar-refractivity contribution in [2.24, 2.45) is 5.73 Å². The first-order chi connectivity index (χ1) is 8.56. The zero-order chi connectivity index (χ0) is 13.1. The van der Waals surface area contributed by atoms with Crippen molar-refractivity contribution >= 4 is 44.7 Å². The summed E-state index contributed by atoms with van der Waals surface area (Å²) < 4.78 is 6.66. The van der Waals surface area contributed by atoms with Crippen molar-refractivity contribution in [3.63, 3.8) is 0 Å². The van der Waals surface area contributed by atoms with Crippen LogP contribution >= 0.6 is 38.9 Å².